The average molecular weight is 279 g/mol. The number of nitro groups is 1. The van der Waals surface area contributed by atoms with Crippen LogP contribution in [0.5, 0.6) is 5.75 Å². The third-order valence-corrected chi connectivity index (χ3v) is 1.80. The maximum Gasteiger partial charge on any atom is 0.422 e. The van der Waals surface area contributed by atoms with Crippen LogP contribution in [0, 0.1) is 10.1 Å². The smallest absolute Gasteiger partial charge is 0.422 e. The van der Waals surface area contributed by atoms with Crippen LogP contribution in [-0.4, -0.2) is 23.8 Å². The molecule has 1 rings (SSSR count). The summed E-state index contributed by atoms with van der Waals surface area (Å²) in [6.07, 6.45) is -6.42. The number of anilines is 1. The molecule has 0 bridgehead atoms. The van der Waals surface area contributed by atoms with E-state index in [0.717, 1.165) is 18.2 Å². The van der Waals surface area contributed by atoms with Crippen LogP contribution in [0.1, 0.15) is 0 Å². The molecular weight excluding hydrogens is 273 g/mol. The van der Waals surface area contributed by atoms with Gasteiger partial charge in [-0.1, -0.05) is 0 Å². The summed E-state index contributed by atoms with van der Waals surface area (Å²) in [7, 11) is 0. The number of nitrogens with zero attached hydrogens (tertiary/aromatic N) is 1. The van der Waals surface area contributed by atoms with E-state index in [4.69, 9.17) is 0 Å². The number of hydrogen-bond donors (Lipinski definition) is 1. The van der Waals surface area contributed by atoms with Gasteiger partial charge in [-0.2, -0.15) is 13.2 Å². The van der Waals surface area contributed by atoms with Gasteiger partial charge in [0, 0.05) is 12.1 Å². The first-order valence-corrected chi connectivity index (χ1v) is 4.65. The largest absolute Gasteiger partial charge is 0.530 e. The molecule has 0 aliphatic carbocycles. The van der Waals surface area contributed by atoms with E-state index in [1.165, 1.54) is 0 Å². The highest BCUT2D eigenvalue weighted by Gasteiger charge is 2.28. The molecule has 0 aromatic heterocycles. The number of rotatable bonds is 4. The second kappa shape index (κ2) is 5.42. The van der Waals surface area contributed by atoms with Crippen molar-refractivity contribution in [2.24, 2.45) is 0 Å². The Morgan fingerprint density at radius 1 is 1.42 bits per heavy atom. The Morgan fingerprint density at radius 2 is 2.05 bits per heavy atom. The van der Waals surface area contributed by atoms with Crippen molar-refractivity contribution in [1.29, 1.82) is 0 Å². The number of ether oxygens (including phenoxy) is 1. The standard InChI is InChI=1S/C9H7F3N2O5/c10-9(11,12)4-19-5-1-2-7(14(17)18)6(3-5)13-8(15)16/h1-3,13H,4H2,(H,15,16)/p-1. The Hall–Kier alpha value is -2.52. The molecule has 0 unspecified atom stereocenters. The summed E-state index contributed by atoms with van der Waals surface area (Å²) in [5.74, 6) is -0.369. The molecule has 0 saturated carbocycles. The van der Waals surface area contributed by atoms with Crippen LogP contribution in [0.4, 0.5) is 29.3 Å². The fourth-order valence-corrected chi connectivity index (χ4v) is 1.14. The van der Waals surface area contributed by atoms with Gasteiger partial charge in [0.15, 0.2) is 6.61 Å². The van der Waals surface area contributed by atoms with E-state index < -0.39 is 35.2 Å². The van der Waals surface area contributed by atoms with Crippen LogP contribution in [-0.2, 0) is 0 Å². The lowest BCUT2D eigenvalue weighted by Crippen LogP contribution is -2.29. The van der Waals surface area contributed by atoms with Crippen molar-refractivity contribution in [2.75, 3.05) is 11.9 Å². The summed E-state index contributed by atoms with van der Waals surface area (Å²) in [6.45, 7) is -1.60. The summed E-state index contributed by atoms with van der Waals surface area (Å²) < 4.78 is 40.0. The monoisotopic (exact) mass is 279 g/mol. The van der Waals surface area contributed by atoms with Gasteiger partial charge in [-0.3, -0.25) is 10.1 Å². The highest BCUT2D eigenvalue weighted by Crippen LogP contribution is 2.29. The number of carboxylic acid groups (broad SMARTS) is 1. The van der Waals surface area contributed by atoms with Crippen LogP contribution >= 0.6 is 0 Å². The minimum atomic E-state index is -4.58. The predicted octanol–water partition coefficient (Wildman–Crippen LogP) is 1.29. The lowest BCUT2D eigenvalue weighted by atomic mass is 10.2. The second-order valence-electron chi connectivity index (χ2n) is 3.25. The van der Waals surface area contributed by atoms with Crippen LogP contribution < -0.4 is 15.2 Å². The molecule has 0 fully saturated rings. The first-order chi connectivity index (χ1) is 8.69. The molecule has 1 aromatic carbocycles. The number of carbonyl (C=O) groups is 1. The van der Waals surface area contributed by atoms with Gasteiger partial charge in [-0.15, -0.1) is 0 Å². The lowest BCUT2D eigenvalue weighted by Gasteiger charge is -2.11. The molecule has 7 nitrogen and oxygen atoms in total. The first kappa shape index (κ1) is 14.5. The van der Waals surface area contributed by atoms with Crippen LogP contribution in [0.2, 0.25) is 0 Å². The second-order valence-corrected chi connectivity index (χ2v) is 3.25. The molecule has 0 saturated heterocycles. The fourth-order valence-electron chi connectivity index (χ4n) is 1.14. The maximum absolute atomic E-state index is 11.9. The number of nitro benzene ring substituents is 1. The van der Waals surface area contributed by atoms with Crippen molar-refractivity contribution in [3.05, 3.63) is 28.3 Å². The third-order valence-electron chi connectivity index (χ3n) is 1.80. The number of hydrogen-bond acceptors (Lipinski definition) is 5. The molecule has 0 heterocycles. The molecule has 0 atom stereocenters. The molecule has 0 spiro atoms. The van der Waals surface area contributed by atoms with Crippen LogP contribution in [0.15, 0.2) is 18.2 Å². The zero-order valence-electron chi connectivity index (χ0n) is 9.06. The first-order valence-electron chi connectivity index (χ1n) is 4.65. The van der Waals surface area contributed by atoms with E-state index >= 15 is 0 Å². The van der Waals surface area contributed by atoms with Crippen molar-refractivity contribution >= 4 is 17.5 Å². The number of carbonyl (C=O) groups excluding carboxylic acids is 1. The van der Waals surface area contributed by atoms with Gasteiger partial charge in [-0.05, 0) is 6.07 Å². The summed E-state index contributed by atoms with van der Waals surface area (Å²) in [4.78, 5) is 20.0. The number of benzene rings is 1. The fraction of sp³-hybridized carbons (Fsp3) is 0.222. The van der Waals surface area contributed by atoms with Gasteiger partial charge >= 0.3 is 6.18 Å². The number of nitrogens with one attached hydrogen (secondary N) is 1. The van der Waals surface area contributed by atoms with Crippen molar-refractivity contribution in [3.63, 3.8) is 0 Å². The Kier molecular flexibility index (Phi) is 4.14. The van der Waals surface area contributed by atoms with Gasteiger partial charge in [0.25, 0.3) is 5.69 Å². The maximum atomic E-state index is 11.9. The predicted molar refractivity (Wildman–Crippen MR) is 53.7 cm³/mol. The van der Waals surface area contributed by atoms with Crippen molar-refractivity contribution < 1.29 is 32.7 Å². The average Bonchev–Trinajstić information content (AvgIpc) is 2.24. The molecule has 10 heteroatoms. The van der Waals surface area contributed by atoms with E-state index in [9.17, 15) is 33.2 Å². The van der Waals surface area contributed by atoms with Gasteiger partial charge in [0.05, 0.1) is 4.92 Å². The van der Waals surface area contributed by atoms with E-state index in [0.29, 0.717) is 0 Å². The minimum Gasteiger partial charge on any atom is -0.530 e. The summed E-state index contributed by atoms with van der Waals surface area (Å²) in [5, 5.41) is 22.5. The molecule has 104 valence electrons. The summed E-state index contributed by atoms with van der Waals surface area (Å²) in [6, 6.07) is 2.50. The Bertz CT molecular complexity index is 503. The molecule has 1 N–H and O–H groups in total. The topological polar surface area (TPSA) is 105 Å². The van der Waals surface area contributed by atoms with E-state index in [1.807, 2.05) is 0 Å². The summed E-state index contributed by atoms with van der Waals surface area (Å²) >= 11 is 0. The molecule has 0 aliphatic heterocycles. The van der Waals surface area contributed by atoms with Crippen LogP contribution in [0.25, 0.3) is 0 Å². The lowest BCUT2D eigenvalue weighted by molar-refractivity contribution is -0.384. The minimum absolute atomic E-state index is 0.369. The SMILES string of the molecule is O=C([O-])Nc1cc(OCC(F)(F)F)ccc1[N+](=O)[O-]. The molecule has 0 aliphatic rings. The third kappa shape index (κ3) is 4.69. The number of halogens is 3. The van der Waals surface area contributed by atoms with E-state index in [2.05, 4.69) is 4.74 Å². The molecular formula is C9H6F3N2O5-. The van der Waals surface area contributed by atoms with Gasteiger partial charge in [0.1, 0.15) is 17.5 Å². The zero-order valence-corrected chi connectivity index (χ0v) is 9.06. The van der Waals surface area contributed by atoms with E-state index in [1.54, 1.807) is 5.32 Å². The summed E-state index contributed by atoms with van der Waals surface area (Å²) in [5.41, 5.74) is -1.17. The highest BCUT2D eigenvalue weighted by molar-refractivity contribution is 5.85. The number of alkyl halides is 3. The van der Waals surface area contributed by atoms with E-state index in [-0.39, 0.29) is 5.75 Å². The van der Waals surface area contributed by atoms with Gasteiger partial charge in [0.2, 0.25) is 0 Å². The van der Waals surface area contributed by atoms with Crippen LogP contribution in [0.3, 0.4) is 0 Å². The Morgan fingerprint density at radius 3 is 2.53 bits per heavy atom. The molecule has 0 radical (unpaired) electrons. The van der Waals surface area contributed by atoms with Gasteiger partial charge in [-0.25, -0.2) is 0 Å². The van der Waals surface area contributed by atoms with Crippen molar-refractivity contribution in [1.82, 2.24) is 0 Å². The molecule has 1 amide bonds. The number of amides is 1. The normalized spacial score (nSPS) is 10.9. The quantitative estimate of drug-likeness (QED) is 0.660. The Labute approximate surface area is 103 Å². The highest BCUT2D eigenvalue weighted by atomic mass is 19.4. The molecule has 1 aromatic rings. The molecule has 19 heavy (non-hydrogen) atoms. The van der Waals surface area contributed by atoms with Gasteiger partial charge < -0.3 is 20.0 Å². The van der Waals surface area contributed by atoms with Crippen molar-refractivity contribution in [3.8, 4) is 5.75 Å². The van der Waals surface area contributed by atoms with Crippen molar-refractivity contribution in [2.45, 2.75) is 6.18 Å². The zero-order chi connectivity index (χ0) is 14.6. The Balaban J connectivity index is 2.97.